The van der Waals surface area contributed by atoms with E-state index in [1.165, 1.54) is 5.69 Å². The Morgan fingerprint density at radius 1 is 1.15 bits per heavy atom. The molecule has 0 radical (unpaired) electrons. The molecule has 1 aliphatic rings. The molecule has 5 nitrogen and oxygen atoms in total. The second kappa shape index (κ2) is 4.85. The van der Waals surface area contributed by atoms with Gasteiger partial charge in [0.15, 0.2) is 0 Å². The lowest BCUT2D eigenvalue weighted by Crippen LogP contribution is -2.37. The summed E-state index contributed by atoms with van der Waals surface area (Å²) in [5, 5.41) is 7.72. The van der Waals surface area contributed by atoms with Crippen LogP contribution < -0.4 is 15.5 Å². The second-order valence-corrected chi connectivity index (χ2v) is 4.85. The topological polar surface area (TPSA) is 69.2 Å². The van der Waals surface area contributed by atoms with Crippen molar-refractivity contribution in [3.05, 3.63) is 48.2 Å². The smallest absolute Gasteiger partial charge is 0.144 e. The van der Waals surface area contributed by atoms with Gasteiger partial charge >= 0.3 is 0 Å². The van der Waals surface area contributed by atoms with Crippen LogP contribution >= 0.6 is 0 Å². The van der Waals surface area contributed by atoms with Gasteiger partial charge in [0.05, 0.1) is 16.9 Å². The lowest BCUT2D eigenvalue weighted by molar-refractivity contribution is 0.812. The minimum Gasteiger partial charge on any atom is -0.384 e. The van der Waals surface area contributed by atoms with E-state index in [2.05, 4.69) is 34.0 Å². The standard InChI is InChI=1S/C15H17N5/c1-19-9-10-20(13-7-3-2-6-12(13)19)15-11(14(16)17)5-4-8-18-15/h2-8H,9-10H2,1H3,(H3,16,17). The number of anilines is 3. The summed E-state index contributed by atoms with van der Waals surface area (Å²) in [5.74, 6) is 0.796. The Labute approximate surface area is 118 Å². The fourth-order valence-electron chi connectivity index (χ4n) is 2.55. The Kier molecular flexibility index (Phi) is 3.02. The fraction of sp³-hybridized carbons (Fsp3) is 0.200. The van der Waals surface area contributed by atoms with E-state index in [-0.39, 0.29) is 5.84 Å². The highest BCUT2D eigenvalue weighted by atomic mass is 15.3. The van der Waals surface area contributed by atoms with Gasteiger partial charge in [0.25, 0.3) is 0 Å². The molecule has 0 aliphatic carbocycles. The lowest BCUT2D eigenvalue weighted by Gasteiger charge is -2.36. The van der Waals surface area contributed by atoms with Gasteiger partial charge in [-0.3, -0.25) is 5.41 Å². The average Bonchev–Trinajstić information content (AvgIpc) is 2.48. The van der Waals surface area contributed by atoms with E-state index in [0.29, 0.717) is 5.56 Å². The summed E-state index contributed by atoms with van der Waals surface area (Å²) in [6.07, 6.45) is 1.74. The summed E-state index contributed by atoms with van der Waals surface area (Å²) < 4.78 is 0. The molecule has 20 heavy (non-hydrogen) atoms. The minimum atomic E-state index is 0.0458. The maximum absolute atomic E-state index is 7.72. The number of hydrogen-bond donors (Lipinski definition) is 2. The molecule has 2 heterocycles. The van der Waals surface area contributed by atoms with Gasteiger partial charge < -0.3 is 15.5 Å². The molecular formula is C15H17N5. The first-order valence-corrected chi connectivity index (χ1v) is 6.55. The quantitative estimate of drug-likeness (QED) is 0.644. The van der Waals surface area contributed by atoms with Crippen LogP contribution in [-0.2, 0) is 0 Å². The molecule has 5 heteroatoms. The van der Waals surface area contributed by atoms with E-state index in [1.807, 2.05) is 24.3 Å². The lowest BCUT2D eigenvalue weighted by atomic mass is 10.1. The van der Waals surface area contributed by atoms with Gasteiger partial charge in [-0.15, -0.1) is 0 Å². The first-order chi connectivity index (χ1) is 9.68. The molecule has 0 bridgehead atoms. The number of pyridine rings is 1. The molecule has 0 amide bonds. The van der Waals surface area contributed by atoms with Crippen LogP contribution in [0.2, 0.25) is 0 Å². The highest BCUT2D eigenvalue weighted by Crippen LogP contribution is 2.36. The van der Waals surface area contributed by atoms with E-state index < -0.39 is 0 Å². The minimum absolute atomic E-state index is 0.0458. The van der Waals surface area contributed by atoms with Crippen molar-refractivity contribution in [2.45, 2.75) is 0 Å². The van der Waals surface area contributed by atoms with E-state index in [0.717, 1.165) is 24.6 Å². The molecule has 1 aromatic carbocycles. The Morgan fingerprint density at radius 3 is 2.65 bits per heavy atom. The van der Waals surface area contributed by atoms with Crippen LogP contribution in [-0.4, -0.2) is 31.0 Å². The summed E-state index contributed by atoms with van der Waals surface area (Å²) in [5.41, 5.74) is 8.61. The summed E-state index contributed by atoms with van der Waals surface area (Å²) in [6.45, 7) is 1.73. The molecule has 2 aromatic rings. The van der Waals surface area contributed by atoms with Gasteiger partial charge in [-0.1, -0.05) is 12.1 Å². The van der Waals surface area contributed by atoms with Crippen LogP contribution in [0.4, 0.5) is 17.2 Å². The number of likely N-dealkylation sites (N-methyl/N-ethyl adjacent to an activating group) is 1. The van der Waals surface area contributed by atoms with E-state index in [1.54, 1.807) is 6.20 Å². The molecule has 0 atom stereocenters. The molecule has 1 aromatic heterocycles. The SMILES string of the molecule is CN1CCN(c2ncccc2C(=N)N)c2ccccc21. The third-order valence-corrected chi connectivity index (χ3v) is 3.58. The number of aromatic nitrogens is 1. The van der Waals surface area contributed by atoms with E-state index in [9.17, 15) is 0 Å². The number of fused-ring (bicyclic) bond motifs is 1. The number of benzene rings is 1. The Hall–Kier alpha value is -2.56. The highest BCUT2D eigenvalue weighted by molar-refractivity contribution is 6.00. The number of para-hydroxylation sites is 2. The van der Waals surface area contributed by atoms with Crippen LogP contribution in [0.5, 0.6) is 0 Å². The molecule has 0 spiro atoms. The molecule has 102 valence electrons. The molecule has 0 saturated carbocycles. The first kappa shape index (κ1) is 12.5. The predicted octanol–water partition coefficient (Wildman–Crippen LogP) is 1.95. The molecular weight excluding hydrogens is 250 g/mol. The average molecular weight is 267 g/mol. The van der Waals surface area contributed by atoms with Crippen molar-refractivity contribution in [3.63, 3.8) is 0 Å². The van der Waals surface area contributed by atoms with E-state index in [4.69, 9.17) is 11.1 Å². The van der Waals surface area contributed by atoms with Gasteiger partial charge in [0.2, 0.25) is 0 Å². The molecule has 3 rings (SSSR count). The van der Waals surface area contributed by atoms with Crippen molar-refractivity contribution in [2.75, 3.05) is 29.9 Å². The monoisotopic (exact) mass is 267 g/mol. The molecule has 0 unspecified atom stereocenters. The number of nitrogens with two attached hydrogens (primary N) is 1. The van der Waals surface area contributed by atoms with Crippen LogP contribution in [0.15, 0.2) is 42.6 Å². The third-order valence-electron chi connectivity index (χ3n) is 3.58. The van der Waals surface area contributed by atoms with Crippen LogP contribution in [0, 0.1) is 5.41 Å². The fourth-order valence-corrected chi connectivity index (χ4v) is 2.55. The van der Waals surface area contributed by atoms with Crippen molar-refractivity contribution in [3.8, 4) is 0 Å². The summed E-state index contributed by atoms with van der Waals surface area (Å²) >= 11 is 0. The predicted molar refractivity (Wildman–Crippen MR) is 82.0 cm³/mol. The van der Waals surface area contributed by atoms with Crippen LogP contribution in [0.25, 0.3) is 0 Å². The number of nitrogens with zero attached hydrogens (tertiary/aromatic N) is 3. The number of nitrogens with one attached hydrogen (secondary N) is 1. The zero-order valence-corrected chi connectivity index (χ0v) is 11.4. The Bertz CT molecular complexity index is 652. The first-order valence-electron chi connectivity index (χ1n) is 6.55. The largest absolute Gasteiger partial charge is 0.384 e. The molecule has 0 saturated heterocycles. The van der Waals surface area contributed by atoms with Gasteiger partial charge in [-0.05, 0) is 24.3 Å². The van der Waals surface area contributed by atoms with Gasteiger partial charge in [-0.25, -0.2) is 4.98 Å². The number of hydrogen-bond acceptors (Lipinski definition) is 4. The zero-order chi connectivity index (χ0) is 14.1. The molecule has 1 aliphatic heterocycles. The van der Waals surface area contributed by atoms with Gasteiger partial charge in [0, 0.05) is 26.3 Å². The maximum Gasteiger partial charge on any atom is 0.144 e. The number of nitrogen functional groups attached to an aromatic ring is 1. The van der Waals surface area contributed by atoms with Crippen molar-refractivity contribution < 1.29 is 0 Å². The van der Waals surface area contributed by atoms with Gasteiger partial charge in [-0.2, -0.15) is 0 Å². The Balaban J connectivity index is 2.13. The van der Waals surface area contributed by atoms with Crippen molar-refractivity contribution in [1.29, 1.82) is 5.41 Å². The maximum atomic E-state index is 7.72. The Morgan fingerprint density at radius 2 is 1.90 bits per heavy atom. The summed E-state index contributed by atoms with van der Waals surface area (Å²) in [7, 11) is 2.08. The second-order valence-electron chi connectivity index (χ2n) is 4.85. The van der Waals surface area contributed by atoms with Crippen LogP contribution in [0.1, 0.15) is 5.56 Å². The zero-order valence-electron chi connectivity index (χ0n) is 11.4. The highest BCUT2D eigenvalue weighted by Gasteiger charge is 2.24. The number of rotatable bonds is 2. The molecule has 3 N–H and O–H groups in total. The molecule has 0 fully saturated rings. The van der Waals surface area contributed by atoms with Crippen LogP contribution in [0.3, 0.4) is 0 Å². The van der Waals surface area contributed by atoms with Crippen molar-refractivity contribution >= 4 is 23.0 Å². The summed E-state index contributed by atoms with van der Waals surface area (Å²) in [6, 6.07) is 11.9. The number of amidine groups is 1. The van der Waals surface area contributed by atoms with Crippen molar-refractivity contribution in [1.82, 2.24) is 4.98 Å². The summed E-state index contributed by atoms with van der Waals surface area (Å²) in [4.78, 5) is 8.79. The van der Waals surface area contributed by atoms with Gasteiger partial charge in [0.1, 0.15) is 11.7 Å². The van der Waals surface area contributed by atoms with Crippen molar-refractivity contribution in [2.24, 2.45) is 5.73 Å². The third kappa shape index (κ3) is 1.97. The normalized spacial score (nSPS) is 14.1. The van der Waals surface area contributed by atoms with E-state index >= 15 is 0 Å².